The SMILES string of the molecule is CCCC[P+](CCCC)(CCCC)Cc1ccc(-c2ccc(C[P+](CCCC)(CCCC)CCCC)cc2)cc1.[Cl-].[Cl-]. The summed E-state index contributed by atoms with van der Waals surface area (Å²) >= 11 is 0. The molecule has 2 aromatic rings. The van der Waals surface area contributed by atoms with Gasteiger partial charge in [0.05, 0.1) is 49.3 Å². The van der Waals surface area contributed by atoms with Crippen LogP contribution in [-0.4, -0.2) is 37.0 Å². The van der Waals surface area contributed by atoms with E-state index in [1.807, 2.05) is 0 Å². The van der Waals surface area contributed by atoms with E-state index in [0.717, 1.165) is 0 Å². The summed E-state index contributed by atoms with van der Waals surface area (Å²) in [5.41, 5.74) is 5.96. The van der Waals surface area contributed by atoms with Gasteiger partial charge >= 0.3 is 0 Å². The van der Waals surface area contributed by atoms with Crippen LogP contribution in [0, 0.1) is 0 Å². The average Bonchev–Trinajstić information content (AvgIpc) is 2.99. The second kappa shape index (κ2) is 24.2. The monoisotopic (exact) mass is 654 g/mol. The van der Waals surface area contributed by atoms with Crippen molar-refractivity contribution in [2.24, 2.45) is 0 Å². The van der Waals surface area contributed by atoms with Crippen molar-refractivity contribution in [2.45, 2.75) is 131 Å². The molecule has 0 aliphatic carbocycles. The molecule has 0 heterocycles. The molecule has 42 heavy (non-hydrogen) atoms. The molecule has 0 spiro atoms. The lowest BCUT2D eigenvalue weighted by Gasteiger charge is -2.28. The molecule has 0 amide bonds. The molecule has 2 rings (SSSR count). The van der Waals surface area contributed by atoms with Crippen LogP contribution in [0.25, 0.3) is 11.1 Å². The summed E-state index contributed by atoms with van der Waals surface area (Å²) in [7, 11) is -1.81. The Balaban J connectivity index is 0.00000840. The predicted octanol–water partition coefficient (Wildman–Crippen LogP) is 7.20. The first-order valence-electron chi connectivity index (χ1n) is 17.4. The molecule has 0 fully saturated rings. The highest BCUT2D eigenvalue weighted by atomic mass is 35.5. The third-order valence-corrected chi connectivity index (χ3v) is 18.9. The van der Waals surface area contributed by atoms with Gasteiger partial charge < -0.3 is 24.8 Å². The normalized spacial score (nSPS) is 11.7. The summed E-state index contributed by atoms with van der Waals surface area (Å²) in [4.78, 5) is 0. The van der Waals surface area contributed by atoms with Crippen LogP contribution in [0.15, 0.2) is 48.5 Å². The predicted molar refractivity (Wildman–Crippen MR) is 192 cm³/mol. The van der Waals surface area contributed by atoms with Gasteiger partial charge in [0, 0.05) is 14.5 Å². The fraction of sp³-hybridized carbons (Fsp3) is 0.684. The Kier molecular flexibility index (Phi) is 24.1. The smallest absolute Gasteiger partial charge is 0.0842 e. The third-order valence-electron chi connectivity index (χ3n) is 9.19. The molecule has 0 bridgehead atoms. The minimum atomic E-state index is -0.903. The fourth-order valence-corrected chi connectivity index (χ4v) is 16.7. The van der Waals surface area contributed by atoms with Crippen LogP contribution in [0.3, 0.4) is 0 Å². The zero-order valence-electron chi connectivity index (χ0n) is 28.4. The summed E-state index contributed by atoms with van der Waals surface area (Å²) in [6.07, 6.45) is 28.3. The minimum absolute atomic E-state index is 0. The number of halogens is 2. The Morgan fingerprint density at radius 1 is 0.357 bits per heavy atom. The second-order valence-electron chi connectivity index (χ2n) is 12.9. The van der Waals surface area contributed by atoms with E-state index < -0.39 is 14.5 Å². The van der Waals surface area contributed by atoms with Crippen molar-refractivity contribution in [1.82, 2.24) is 0 Å². The standard InChI is InChI=1S/C38H66P2.2ClH/c1-7-13-27-39(28-14-8-2,29-15-9-3)33-35-19-23-37(24-20-35)38-25-21-36(22-26-38)34-40(30-16-10-4,31-17-11-5)32-18-12-6;;/h19-26H,7-18,27-34H2,1-6H3;2*1H/q+2;;/p-2. The van der Waals surface area contributed by atoms with Gasteiger partial charge in [-0.25, -0.2) is 0 Å². The Hall–Kier alpha value is -0.120. The molecular formula is C38H66Cl2P2. The van der Waals surface area contributed by atoms with E-state index in [0.29, 0.717) is 0 Å². The van der Waals surface area contributed by atoms with E-state index in [1.165, 1.54) is 137 Å². The Morgan fingerprint density at radius 3 is 0.762 bits per heavy atom. The van der Waals surface area contributed by atoms with Crippen LogP contribution in [0.1, 0.15) is 130 Å². The number of unbranched alkanes of at least 4 members (excludes halogenated alkanes) is 6. The maximum Gasteiger partial charge on any atom is 0.0842 e. The van der Waals surface area contributed by atoms with E-state index in [2.05, 4.69) is 90.1 Å². The average molecular weight is 656 g/mol. The number of hydrogen-bond acceptors (Lipinski definition) is 0. The van der Waals surface area contributed by atoms with Crippen molar-refractivity contribution in [3.63, 3.8) is 0 Å². The molecule has 0 unspecified atom stereocenters. The zero-order chi connectivity index (χ0) is 29.1. The molecule has 0 saturated carbocycles. The Bertz CT molecular complexity index is 775. The Morgan fingerprint density at radius 2 is 0.571 bits per heavy atom. The highest BCUT2D eigenvalue weighted by molar-refractivity contribution is 7.75. The van der Waals surface area contributed by atoms with Gasteiger partial charge in [0.25, 0.3) is 0 Å². The van der Waals surface area contributed by atoms with Crippen LogP contribution in [0.2, 0.25) is 0 Å². The van der Waals surface area contributed by atoms with Crippen LogP contribution >= 0.6 is 14.5 Å². The van der Waals surface area contributed by atoms with Crippen molar-refractivity contribution >= 4 is 14.5 Å². The van der Waals surface area contributed by atoms with E-state index in [4.69, 9.17) is 0 Å². The quantitative estimate of drug-likeness (QED) is 0.111. The summed E-state index contributed by atoms with van der Waals surface area (Å²) < 4.78 is 0. The van der Waals surface area contributed by atoms with Crippen molar-refractivity contribution in [3.8, 4) is 11.1 Å². The van der Waals surface area contributed by atoms with Gasteiger partial charge in [-0.3, -0.25) is 0 Å². The lowest BCUT2D eigenvalue weighted by molar-refractivity contribution is -0.001000. The molecule has 0 atom stereocenters. The third kappa shape index (κ3) is 14.8. The largest absolute Gasteiger partial charge is 1.00 e. The molecule has 0 nitrogen and oxygen atoms in total. The molecular weight excluding hydrogens is 589 g/mol. The first-order valence-corrected chi connectivity index (χ1v) is 22.4. The molecule has 4 heteroatoms. The van der Waals surface area contributed by atoms with Crippen molar-refractivity contribution in [3.05, 3.63) is 59.7 Å². The van der Waals surface area contributed by atoms with Crippen LogP contribution in [0.4, 0.5) is 0 Å². The van der Waals surface area contributed by atoms with Crippen molar-refractivity contribution in [2.75, 3.05) is 37.0 Å². The van der Waals surface area contributed by atoms with E-state index in [9.17, 15) is 0 Å². The van der Waals surface area contributed by atoms with Gasteiger partial charge in [0.2, 0.25) is 0 Å². The topological polar surface area (TPSA) is 0 Å². The molecule has 0 aliphatic rings. The van der Waals surface area contributed by atoms with E-state index >= 15 is 0 Å². The van der Waals surface area contributed by atoms with Crippen molar-refractivity contribution < 1.29 is 24.8 Å². The lowest BCUT2D eigenvalue weighted by Crippen LogP contribution is -3.00. The minimum Gasteiger partial charge on any atom is -1.00 e. The van der Waals surface area contributed by atoms with Gasteiger partial charge in [0.15, 0.2) is 0 Å². The summed E-state index contributed by atoms with van der Waals surface area (Å²) in [5, 5.41) is 0. The first-order chi connectivity index (χ1) is 19.5. The molecule has 0 N–H and O–H groups in total. The van der Waals surface area contributed by atoms with E-state index in [1.54, 1.807) is 11.1 Å². The molecule has 0 aromatic heterocycles. The van der Waals surface area contributed by atoms with Gasteiger partial charge in [-0.2, -0.15) is 0 Å². The van der Waals surface area contributed by atoms with E-state index in [-0.39, 0.29) is 24.8 Å². The van der Waals surface area contributed by atoms with Gasteiger partial charge in [0.1, 0.15) is 0 Å². The summed E-state index contributed by atoms with van der Waals surface area (Å²) in [5.74, 6) is 0. The number of benzene rings is 2. The molecule has 2 aromatic carbocycles. The van der Waals surface area contributed by atoms with Gasteiger partial charge in [-0.1, -0.05) is 129 Å². The lowest BCUT2D eigenvalue weighted by atomic mass is 10.0. The van der Waals surface area contributed by atoms with Crippen molar-refractivity contribution in [1.29, 1.82) is 0 Å². The van der Waals surface area contributed by atoms with Crippen LogP contribution < -0.4 is 24.8 Å². The van der Waals surface area contributed by atoms with Gasteiger partial charge in [-0.05, 0) is 60.8 Å². The number of hydrogen-bond donors (Lipinski definition) is 0. The van der Waals surface area contributed by atoms with Crippen LogP contribution in [-0.2, 0) is 12.3 Å². The maximum atomic E-state index is 2.47. The molecule has 242 valence electrons. The second-order valence-corrected chi connectivity index (χ2v) is 21.5. The number of rotatable bonds is 23. The first kappa shape index (κ1) is 41.9. The van der Waals surface area contributed by atoms with Crippen LogP contribution in [0.5, 0.6) is 0 Å². The molecule has 0 radical (unpaired) electrons. The Labute approximate surface area is 276 Å². The highest BCUT2D eigenvalue weighted by Crippen LogP contribution is 2.64. The fourth-order valence-electron chi connectivity index (χ4n) is 6.49. The molecule has 0 aliphatic heterocycles. The molecule has 0 saturated heterocycles. The summed E-state index contributed by atoms with van der Waals surface area (Å²) in [6.45, 7) is 14.2. The summed E-state index contributed by atoms with van der Waals surface area (Å²) in [6, 6.07) is 19.5. The highest BCUT2D eigenvalue weighted by Gasteiger charge is 2.36. The maximum absolute atomic E-state index is 2.47. The van der Waals surface area contributed by atoms with Gasteiger partial charge in [-0.15, -0.1) is 0 Å². The zero-order valence-corrected chi connectivity index (χ0v) is 31.7.